The number of carbonyl (C=O) groups is 1. The monoisotopic (exact) mass is 324 g/mol. The second-order valence-electron chi connectivity index (χ2n) is 6.03. The highest BCUT2D eigenvalue weighted by atomic mass is 32.1. The maximum absolute atomic E-state index is 12.2. The first kappa shape index (κ1) is 15.9. The molecule has 2 atom stereocenters. The number of likely N-dealkylation sites (tertiary alicyclic amines) is 1. The van der Waals surface area contributed by atoms with Crippen LogP contribution < -0.4 is 11.1 Å². The number of nitrogens with zero attached hydrogens (tertiary/aromatic N) is 2. The zero-order chi connectivity index (χ0) is 15.4. The van der Waals surface area contributed by atoms with Gasteiger partial charge in [-0.25, -0.2) is 4.98 Å². The second kappa shape index (κ2) is 7.50. The molecule has 3 N–H and O–H groups in total. The van der Waals surface area contributed by atoms with Gasteiger partial charge in [-0.3, -0.25) is 15.0 Å². The molecule has 6 nitrogen and oxygen atoms in total. The van der Waals surface area contributed by atoms with E-state index >= 15 is 0 Å². The summed E-state index contributed by atoms with van der Waals surface area (Å²) in [5.41, 5.74) is 6.61. The molecule has 3 rings (SSSR count). The van der Waals surface area contributed by atoms with Crippen molar-refractivity contribution in [2.75, 3.05) is 25.0 Å². The molecule has 122 valence electrons. The smallest absolute Gasteiger partial charge is 0.255 e. The first-order chi connectivity index (χ1) is 10.7. The summed E-state index contributed by atoms with van der Waals surface area (Å²) in [6.45, 7) is 3.65. The number of piperidine rings is 1. The standard InChI is InChI=1S/C15H24N4O2S/c16-8-12-4-5-13(21-12)14(20)18-15-17-11(10-22-15)9-19-6-2-1-3-7-19/h10,12-13H,1-9,16H2,(H,17,18,20)/t12-,13+/m1/s1. The Morgan fingerprint density at radius 3 is 2.95 bits per heavy atom. The summed E-state index contributed by atoms with van der Waals surface area (Å²) in [7, 11) is 0. The van der Waals surface area contributed by atoms with E-state index in [4.69, 9.17) is 10.5 Å². The van der Waals surface area contributed by atoms with E-state index in [0.29, 0.717) is 11.7 Å². The van der Waals surface area contributed by atoms with Crippen molar-refractivity contribution in [3.8, 4) is 0 Å². The van der Waals surface area contributed by atoms with Gasteiger partial charge >= 0.3 is 0 Å². The van der Waals surface area contributed by atoms with Crippen molar-refractivity contribution < 1.29 is 9.53 Å². The van der Waals surface area contributed by atoms with Crippen LogP contribution in [-0.4, -0.2) is 47.6 Å². The van der Waals surface area contributed by atoms with Crippen LogP contribution in [0.25, 0.3) is 0 Å². The number of rotatable bonds is 5. The number of hydrogen-bond donors (Lipinski definition) is 2. The molecule has 2 saturated heterocycles. The van der Waals surface area contributed by atoms with Gasteiger partial charge in [0, 0.05) is 18.5 Å². The van der Waals surface area contributed by atoms with Crippen molar-refractivity contribution in [3.05, 3.63) is 11.1 Å². The van der Waals surface area contributed by atoms with Gasteiger partial charge in [0.2, 0.25) is 0 Å². The van der Waals surface area contributed by atoms with E-state index in [1.54, 1.807) is 0 Å². The minimum absolute atomic E-state index is 0.0155. The first-order valence-electron chi connectivity index (χ1n) is 8.08. The molecule has 22 heavy (non-hydrogen) atoms. The number of thiazole rings is 1. The second-order valence-corrected chi connectivity index (χ2v) is 6.89. The van der Waals surface area contributed by atoms with E-state index < -0.39 is 0 Å². The molecule has 2 aliphatic heterocycles. The number of aromatic nitrogens is 1. The fraction of sp³-hybridized carbons (Fsp3) is 0.733. The third kappa shape index (κ3) is 4.04. The van der Waals surface area contributed by atoms with Gasteiger partial charge in [-0.1, -0.05) is 6.42 Å². The molecule has 0 unspecified atom stereocenters. The summed E-state index contributed by atoms with van der Waals surface area (Å²) in [4.78, 5) is 19.1. The molecular formula is C15H24N4O2S. The van der Waals surface area contributed by atoms with Crippen molar-refractivity contribution in [3.63, 3.8) is 0 Å². The lowest BCUT2D eigenvalue weighted by molar-refractivity contribution is -0.126. The fourth-order valence-corrected chi connectivity index (χ4v) is 3.75. The molecule has 7 heteroatoms. The van der Waals surface area contributed by atoms with Crippen LogP contribution in [0.15, 0.2) is 5.38 Å². The van der Waals surface area contributed by atoms with Crippen LogP contribution in [0.1, 0.15) is 37.8 Å². The van der Waals surface area contributed by atoms with Crippen LogP contribution in [0.2, 0.25) is 0 Å². The van der Waals surface area contributed by atoms with Gasteiger partial charge < -0.3 is 10.5 Å². The van der Waals surface area contributed by atoms with Gasteiger partial charge in [-0.15, -0.1) is 11.3 Å². The van der Waals surface area contributed by atoms with Gasteiger partial charge in [0.1, 0.15) is 6.10 Å². The van der Waals surface area contributed by atoms with Crippen LogP contribution in [-0.2, 0) is 16.1 Å². The summed E-state index contributed by atoms with van der Waals surface area (Å²) < 4.78 is 5.60. The van der Waals surface area contributed by atoms with Gasteiger partial charge in [0.15, 0.2) is 5.13 Å². The number of hydrogen-bond acceptors (Lipinski definition) is 6. The van der Waals surface area contributed by atoms with Crippen LogP contribution in [0.5, 0.6) is 0 Å². The van der Waals surface area contributed by atoms with E-state index in [-0.39, 0.29) is 18.1 Å². The first-order valence-corrected chi connectivity index (χ1v) is 8.95. The Bertz CT molecular complexity index is 501. The maximum atomic E-state index is 12.2. The average molecular weight is 324 g/mol. The number of nitrogens with two attached hydrogens (primary N) is 1. The third-order valence-electron chi connectivity index (χ3n) is 4.28. The number of carbonyl (C=O) groups excluding carboxylic acids is 1. The lowest BCUT2D eigenvalue weighted by Crippen LogP contribution is -2.30. The highest BCUT2D eigenvalue weighted by Crippen LogP contribution is 2.22. The van der Waals surface area contributed by atoms with E-state index in [1.807, 2.05) is 5.38 Å². The summed E-state index contributed by atoms with van der Waals surface area (Å²) in [6.07, 6.45) is 5.10. The van der Waals surface area contributed by atoms with Crippen LogP contribution >= 0.6 is 11.3 Å². The molecular weight excluding hydrogens is 300 g/mol. The Kier molecular flexibility index (Phi) is 5.41. The Labute approximate surface area is 135 Å². The molecule has 3 heterocycles. The number of nitrogens with one attached hydrogen (secondary N) is 1. The molecule has 2 aliphatic rings. The molecule has 0 aliphatic carbocycles. The zero-order valence-corrected chi connectivity index (χ0v) is 13.6. The van der Waals surface area contributed by atoms with Crippen molar-refractivity contribution in [1.29, 1.82) is 0 Å². The normalized spacial score (nSPS) is 26.2. The highest BCUT2D eigenvalue weighted by Gasteiger charge is 2.30. The molecule has 0 aromatic carbocycles. The molecule has 0 saturated carbocycles. The Hall–Kier alpha value is -1.02. The van der Waals surface area contributed by atoms with Crippen molar-refractivity contribution in [2.45, 2.75) is 50.9 Å². The van der Waals surface area contributed by atoms with Gasteiger partial charge in [0.25, 0.3) is 5.91 Å². The predicted octanol–water partition coefficient (Wildman–Crippen LogP) is 1.57. The number of ether oxygens (including phenoxy) is 1. The van der Waals surface area contributed by atoms with E-state index in [2.05, 4.69) is 15.2 Å². The van der Waals surface area contributed by atoms with Crippen molar-refractivity contribution in [2.24, 2.45) is 5.73 Å². The average Bonchev–Trinajstić information content (AvgIpc) is 3.17. The zero-order valence-electron chi connectivity index (χ0n) is 12.8. The lowest BCUT2D eigenvalue weighted by atomic mass is 10.1. The minimum atomic E-state index is -0.386. The topological polar surface area (TPSA) is 80.5 Å². The van der Waals surface area contributed by atoms with Gasteiger partial charge in [0.05, 0.1) is 11.8 Å². The van der Waals surface area contributed by atoms with Crippen LogP contribution in [0, 0.1) is 0 Å². The summed E-state index contributed by atoms with van der Waals surface area (Å²) >= 11 is 1.48. The fourth-order valence-electron chi connectivity index (χ4n) is 3.04. The molecule has 1 aromatic rings. The Morgan fingerprint density at radius 1 is 1.41 bits per heavy atom. The number of anilines is 1. The molecule has 0 spiro atoms. The molecule has 0 radical (unpaired) electrons. The van der Waals surface area contributed by atoms with E-state index in [9.17, 15) is 4.79 Å². The lowest BCUT2D eigenvalue weighted by Gasteiger charge is -2.25. The maximum Gasteiger partial charge on any atom is 0.255 e. The highest BCUT2D eigenvalue weighted by molar-refractivity contribution is 7.13. The van der Waals surface area contributed by atoms with Crippen molar-refractivity contribution in [1.82, 2.24) is 9.88 Å². The third-order valence-corrected chi connectivity index (χ3v) is 5.09. The van der Waals surface area contributed by atoms with Crippen LogP contribution in [0.4, 0.5) is 5.13 Å². The van der Waals surface area contributed by atoms with Crippen molar-refractivity contribution >= 4 is 22.4 Å². The summed E-state index contributed by atoms with van der Waals surface area (Å²) in [5.74, 6) is -0.102. The predicted molar refractivity (Wildman–Crippen MR) is 86.8 cm³/mol. The van der Waals surface area contributed by atoms with Gasteiger partial charge in [-0.2, -0.15) is 0 Å². The number of amides is 1. The molecule has 1 aromatic heterocycles. The quantitative estimate of drug-likeness (QED) is 0.859. The Morgan fingerprint density at radius 2 is 2.23 bits per heavy atom. The molecule has 1 amide bonds. The Balaban J connectivity index is 1.49. The van der Waals surface area contributed by atoms with E-state index in [1.165, 1.54) is 30.6 Å². The molecule has 2 fully saturated rings. The van der Waals surface area contributed by atoms with E-state index in [0.717, 1.165) is 38.2 Å². The largest absolute Gasteiger partial charge is 0.364 e. The SMILES string of the molecule is NC[C@H]1CC[C@@H](C(=O)Nc2nc(CN3CCCCC3)cs2)O1. The summed E-state index contributed by atoms with van der Waals surface area (Å²) in [5, 5.41) is 5.56. The summed E-state index contributed by atoms with van der Waals surface area (Å²) in [6, 6.07) is 0. The molecule has 0 bridgehead atoms. The van der Waals surface area contributed by atoms with Crippen LogP contribution in [0.3, 0.4) is 0 Å². The minimum Gasteiger partial charge on any atom is -0.364 e. The van der Waals surface area contributed by atoms with Gasteiger partial charge in [-0.05, 0) is 38.8 Å².